The number of aliphatic hydroxyl groups excluding tert-OH is 2. The zero-order chi connectivity index (χ0) is 17.0. The van der Waals surface area contributed by atoms with E-state index in [0.717, 1.165) is 36.0 Å². The largest absolute Gasteiger partial charge is 0.396 e. The standard InChI is InChI=1S/C21H40O2/c1-5-17-18(15(2)8-6-7-13-22)11-12-21(4)19(16(3)14-23)9-10-20(17)21/h15-20,22-23H,5-14H2,1-4H3/t15?,16-,17-,18-,19-,20+,21-/m1/s1. The van der Waals surface area contributed by atoms with Gasteiger partial charge in [0.1, 0.15) is 0 Å². The molecule has 2 heteroatoms. The number of hydrogen-bond acceptors (Lipinski definition) is 2. The first-order chi connectivity index (χ1) is 11.0. The lowest BCUT2D eigenvalue weighted by Crippen LogP contribution is -2.44. The second-order valence-corrected chi connectivity index (χ2v) is 8.93. The Morgan fingerprint density at radius 2 is 1.78 bits per heavy atom. The molecule has 0 bridgehead atoms. The fourth-order valence-electron chi connectivity index (χ4n) is 6.51. The minimum absolute atomic E-state index is 0.343. The highest BCUT2D eigenvalue weighted by atomic mass is 16.3. The van der Waals surface area contributed by atoms with Crippen molar-refractivity contribution in [2.75, 3.05) is 13.2 Å². The summed E-state index contributed by atoms with van der Waals surface area (Å²) in [5.41, 5.74) is 0.462. The van der Waals surface area contributed by atoms with Gasteiger partial charge < -0.3 is 10.2 Å². The molecule has 0 aromatic rings. The second-order valence-electron chi connectivity index (χ2n) is 8.93. The quantitative estimate of drug-likeness (QED) is 0.625. The Hall–Kier alpha value is -0.0800. The molecule has 7 atom stereocenters. The Kier molecular flexibility index (Phi) is 6.98. The van der Waals surface area contributed by atoms with Crippen LogP contribution in [0.3, 0.4) is 0 Å². The maximum Gasteiger partial charge on any atom is 0.0459 e. The molecule has 0 saturated heterocycles. The van der Waals surface area contributed by atoms with Crippen molar-refractivity contribution in [2.24, 2.45) is 40.9 Å². The first-order valence-electron chi connectivity index (χ1n) is 10.2. The molecule has 136 valence electrons. The number of hydrogen-bond donors (Lipinski definition) is 2. The van der Waals surface area contributed by atoms with E-state index in [1.54, 1.807) is 0 Å². The van der Waals surface area contributed by atoms with E-state index >= 15 is 0 Å². The number of rotatable bonds is 8. The first kappa shape index (κ1) is 19.2. The number of aliphatic hydroxyl groups is 2. The van der Waals surface area contributed by atoms with Crippen molar-refractivity contribution in [1.82, 2.24) is 0 Å². The molecule has 2 saturated carbocycles. The van der Waals surface area contributed by atoms with Crippen LogP contribution in [0.1, 0.15) is 79.1 Å². The van der Waals surface area contributed by atoms with Crippen LogP contribution >= 0.6 is 0 Å². The predicted octanol–water partition coefficient (Wildman–Crippen LogP) is 4.88. The highest BCUT2D eigenvalue weighted by molar-refractivity contribution is 5.03. The summed E-state index contributed by atoms with van der Waals surface area (Å²) in [4.78, 5) is 0. The molecule has 0 aliphatic heterocycles. The highest BCUT2D eigenvalue weighted by Crippen LogP contribution is 2.62. The third-order valence-electron chi connectivity index (χ3n) is 7.81. The van der Waals surface area contributed by atoms with E-state index in [1.807, 2.05) is 0 Å². The first-order valence-corrected chi connectivity index (χ1v) is 10.2. The molecule has 2 fully saturated rings. The van der Waals surface area contributed by atoms with E-state index in [4.69, 9.17) is 5.11 Å². The molecule has 2 aliphatic rings. The average molecular weight is 325 g/mol. The van der Waals surface area contributed by atoms with Crippen LogP contribution in [0.4, 0.5) is 0 Å². The summed E-state index contributed by atoms with van der Waals surface area (Å²) >= 11 is 0. The third-order valence-corrected chi connectivity index (χ3v) is 7.81. The van der Waals surface area contributed by atoms with Gasteiger partial charge in [-0.25, -0.2) is 0 Å². The van der Waals surface area contributed by atoms with Gasteiger partial charge in [-0.15, -0.1) is 0 Å². The molecule has 0 amide bonds. The van der Waals surface area contributed by atoms with E-state index in [1.165, 1.54) is 44.9 Å². The molecule has 0 radical (unpaired) electrons. The average Bonchev–Trinajstić information content (AvgIpc) is 2.90. The molecule has 23 heavy (non-hydrogen) atoms. The fourth-order valence-corrected chi connectivity index (χ4v) is 6.51. The van der Waals surface area contributed by atoms with Crippen LogP contribution in [-0.4, -0.2) is 23.4 Å². The molecule has 2 aliphatic carbocycles. The highest BCUT2D eigenvalue weighted by Gasteiger charge is 2.54. The smallest absolute Gasteiger partial charge is 0.0459 e. The van der Waals surface area contributed by atoms with E-state index < -0.39 is 0 Å². The van der Waals surface area contributed by atoms with E-state index in [-0.39, 0.29) is 0 Å². The van der Waals surface area contributed by atoms with Gasteiger partial charge in [-0.3, -0.25) is 0 Å². The fraction of sp³-hybridized carbons (Fsp3) is 1.00. The van der Waals surface area contributed by atoms with Gasteiger partial charge in [0.15, 0.2) is 0 Å². The van der Waals surface area contributed by atoms with Crippen molar-refractivity contribution < 1.29 is 10.2 Å². The lowest BCUT2D eigenvalue weighted by Gasteiger charge is -2.51. The van der Waals surface area contributed by atoms with Crippen LogP contribution < -0.4 is 0 Å². The lowest BCUT2D eigenvalue weighted by molar-refractivity contribution is -0.0284. The second kappa shape index (κ2) is 8.34. The Balaban J connectivity index is 2.07. The van der Waals surface area contributed by atoms with Gasteiger partial charge in [0.25, 0.3) is 0 Å². The van der Waals surface area contributed by atoms with Gasteiger partial charge in [0, 0.05) is 13.2 Å². The SMILES string of the molecule is CC[C@@H]1[C@@H](C(C)CCCCO)CC[C@]2(C)[C@@H]([C@H](C)CO)CC[C@@H]12. The van der Waals surface area contributed by atoms with Crippen LogP contribution in [0.2, 0.25) is 0 Å². The van der Waals surface area contributed by atoms with E-state index in [9.17, 15) is 5.11 Å². The molecule has 0 spiro atoms. The monoisotopic (exact) mass is 324 g/mol. The van der Waals surface area contributed by atoms with Crippen LogP contribution in [0.15, 0.2) is 0 Å². The van der Waals surface area contributed by atoms with Crippen molar-refractivity contribution in [3.05, 3.63) is 0 Å². The molecule has 0 aromatic carbocycles. The van der Waals surface area contributed by atoms with Crippen molar-refractivity contribution >= 4 is 0 Å². The number of fused-ring (bicyclic) bond motifs is 1. The van der Waals surface area contributed by atoms with Gasteiger partial charge >= 0.3 is 0 Å². The van der Waals surface area contributed by atoms with Crippen LogP contribution in [-0.2, 0) is 0 Å². The summed E-state index contributed by atoms with van der Waals surface area (Å²) in [6.45, 7) is 10.3. The summed E-state index contributed by atoms with van der Waals surface area (Å²) in [5.74, 6) is 4.59. The van der Waals surface area contributed by atoms with Gasteiger partial charge in [0.05, 0.1) is 0 Å². The summed E-state index contributed by atoms with van der Waals surface area (Å²) in [7, 11) is 0. The summed E-state index contributed by atoms with van der Waals surface area (Å²) in [6, 6.07) is 0. The predicted molar refractivity (Wildman–Crippen MR) is 97.2 cm³/mol. The van der Waals surface area contributed by atoms with Crippen molar-refractivity contribution in [1.29, 1.82) is 0 Å². The summed E-state index contributed by atoms with van der Waals surface area (Å²) < 4.78 is 0. The maximum atomic E-state index is 9.66. The Morgan fingerprint density at radius 3 is 2.39 bits per heavy atom. The van der Waals surface area contributed by atoms with Crippen LogP contribution in [0.5, 0.6) is 0 Å². The molecule has 0 aromatic heterocycles. The van der Waals surface area contributed by atoms with Gasteiger partial charge in [-0.05, 0) is 73.0 Å². The van der Waals surface area contributed by atoms with E-state index in [2.05, 4.69) is 27.7 Å². The zero-order valence-electron chi connectivity index (χ0n) is 15.9. The summed E-state index contributed by atoms with van der Waals surface area (Å²) in [6.07, 6.45) is 10.2. The van der Waals surface area contributed by atoms with Gasteiger partial charge in [-0.1, -0.05) is 47.0 Å². The van der Waals surface area contributed by atoms with Crippen molar-refractivity contribution in [3.8, 4) is 0 Å². The lowest BCUT2D eigenvalue weighted by atomic mass is 9.54. The van der Waals surface area contributed by atoms with Crippen LogP contribution in [0, 0.1) is 40.9 Å². The molecule has 1 unspecified atom stereocenters. The Morgan fingerprint density at radius 1 is 1.04 bits per heavy atom. The Bertz CT molecular complexity index is 356. The topological polar surface area (TPSA) is 40.5 Å². The van der Waals surface area contributed by atoms with Crippen molar-refractivity contribution in [3.63, 3.8) is 0 Å². The van der Waals surface area contributed by atoms with Crippen molar-refractivity contribution in [2.45, 2.75) is 79.1 Å². The normalized spacial score (nSPS) is 39.9. The third kappa shape index (κ3) is 3.79. The van der Waals surface area contributed by atoms with Gasteiger partial charge in [0.2, 0.25) is 0 Å². The van der Waals surface area contributed by atoms with Gasteiger partial charge in [-0.2, -0.15) is 0 Å². The van der Waals surface area contributed by atoms with Crippen LogP contribution in [0.25, 0.3) is 0 Å². The molecule has 2 rings (SSSR count). The molecular weight excluding hydrogens is 284 g/mol. The molecular formula is C21H40O2. The van der Waals surface area contributed by atoms with E-state index in [0.29, 0.717) is 24.5 Å². The maximum absolute atomic E-state index is 9.66. The minimum atomic E-state index is 0.343. The Labute approximate surface area is 144 Å². The molecule has 2 nitrogen and oxygen atoms in total. The number of unbranched alkanes of at least 4 members (excludes halogenated alkanes) is 1. The zero-order valence-corrected chi connectivity index (χ0v) is 15.9. The summed E-state index contributed by atoms with van der Waals surface area (Å²) in [5, 5.41) is 18.7. The molecule has 2 N–H and O–H groups in total. The minimum Gasteiger partial charge on any atom is -0.396 e. The molecule has 0 heterocycles.